The molecular formula is C86H97Cl3N7O25PS2. The van der Waals surface area contributed by atoms with Crippen LogP contribution in [0, 0.1) is 20.8 Å². The third-order valence-corrected chi connectivity index (χ3v) is 21.6. The van der Waals surface area contributed by atoms with Crippen LogP contribution in [-0.4, -0.2) is 208 Å². The molecular weight excluding hydrogens is 1730 g/mol. The molecule has 1 aliphatic rings. The van der Waals surface area contributed by atoms with Crippen LogP contribution in [0.15, 0.2) is 180 Å². The second kappa shape index (κ2) is 51.4. The first kappa shape index (κ1) is 106. The Morgan fingerprint density at radius 2 is 0.927 bits per heavy atom. The number of nitrogens with zero attached hydrogens (tertiary/aromatic N) is 3. The maximum absolute atomic E-state index is 12.8. The molecule has 0 saturated carbocycles. The Balaban J connectivity index is 0.000000370. The molecule has 4 aromatic carbocycles. The van der Waals surface area contributed by atoms with Crippen molar-refractivity contribution in [3.05, 3.63) is 255 Å². The quantitative estimate of drug-likeness (QED) is 0.0105. The van der Waals surface area contributed by atoms with E-state index in [2.05, 4.69) is 66.4 Å². The molecule has 0 fully saturated rings. The molecule has 6 aromatic heterocycles. The van der Waals surface area contributed by atoms with Gasteiger partial charge in [0.15, 0.2) is 29.9 Å². The zero-order valence-corrected chi connectivity index (χ0v) is 75.6. The number of H-pyrrole nitrogens is 3. The van der Waals surface area contributed by atoms with E-state index in [4.69, 9.17) is 34.8 Å². The van der Waals surface area contributed by atoms with E-state index < -0.39 is 56.1 Å². The van der Waals surface area contributed by atoms with E-state index >= 15 is 0 Å². The minimum Gasteiger partial charge on any atom is -0.507 e. The van der Waals surface area contributed by atoms with Crippen LogP contribution in [-0.2, 0) is 84.0 Å². The van der Waals surface area contributed by atoms with Crippen LogP contribution in [0.2, 0.25) is 0 Å². The summed E-state index contributed by atoms with van der Waals surface area (Å²) in [6.07, 6.45) is 19.2. The molecule has 7 heterocycles. The molecule has 124 heavy (non-hydrogen) atoms. The van der Waals surface area contributed by atoms with Gasteiger partial charge in [-0.05, 0) is 198 Å². The van der Waals surface area contributed by atoms with Gasteiger partial charge in [0.05, 0.1) is 65.8 Å². The van der Waals surface area contributed by atoms with Crippen molar-refractivity contribution in [1.29, 1.82) is 0 Å². The first-order valence-electron chi connectivity index (χ1n) is 36.5. The van der Waals surface area contributed by atoms with Gasteiger partial charge in [-0.2, -0.15) is 0 Å². The number of ketones is 4. The average molecular weight is 1830 g/mol. The van der Waals surface area contributed by atoms with Gasteiger partial charge in [-0.15, -0.1) is 11.6 Å². The SMILES string of the molecule is CC(=O)CP(C)(C)=O.COC(=O)c1cc(/C=C/C(C)=O)c[nH]1.COC(=O)c1cc(/C=C/C(C)=O)cn1C.COC(=O)c1cc(/C=C/C(C)=O)cn1S(=O)(=O)c1ccc(C)cc1.COC(=O)c1cc(C=O)c[nH]1.COC(=O)c1cc(C=O)cn1S(=O)(=O)c1ccc(C)cc1.COC(=O)c1ccc[nH]1.COC(Cl)Cl.Cc1cccc2c(O)cc3c(c12)[C@H](CCl)CN3. The number of allylic oxidation sites excluding steroid dienone is 3. The molecule has 1 atom stereocenters. The lowest BCUT2D eigenvalue weighted by atomic mass is 9.92. The number of anilines is 1. The number of hydrogen-bond acceptors (Lipinski definition) is 26. The number of ether oxygens (including phenoxy) is 7. The van der Waals surface area contributed by atoms with E-state index in [9.17, 15) is 84.0 Å². The van der Waals surface area contributed by atoms with Gasteiger partial charge in [0.25, 0.3) is 20.0 Å². The summed E-state index contributed by atoms with van der Waals surface area (Å²) in [4.78, 5) is 139. The summed E-state index contributed by atoms with van der Waals surface area (Å²) in [5, 5.41) is 14.8. The molecule has 5 N–H and O–H groups in total. The molecule has 0 saturated heterocycles. The van der Waals surface area contributed by atoms with Gasteiger partial charge in [-0.3, -0.25) is 28.8 Å². The first-order valence-corrected chi connectivity index (χ1v) is 43.5. The zero-order chi connectivity index (χ0) is 93.5. The molecule has 0 bridgehead atoms. The van der Waals surface area contributed by atoms with Gasteiger partial charge in [-0.25, -0.2) is 53.5 Å². The summed E-state index contributed by atoms with van der Waals surface area (Å²) in [5.74, 6) is -2.21. The third kappa shape index (κ3) is 33.7. The smallest absolute Gasteiger partial charge is 0.355 e. The van der Waals surface area contributed by atoms with Crippen molar-refractivity contribution in [3.63, 3.8) is 0 Å². The summed E-state index contributed by atoms with van der Waals surface area (Å²) < 4.78 is 96.2. The molecule has 0 unspecified atom stereocenters. The number of aldehydes is 2. The normalized spacial score (nSPS) is 11.7. The molecule has 10 aromatic rings. The predicted molar refractivity (Wildman–Crippen MR) is 472 cm³/mol. The average Bonchev–Trinajstić information content (AvgIpc) is 1.55. The Labute approximate surface area is 732 Å². The van der Waals surface area contributed by atoms with E-state index in [0.29, 0.717) is 58.3 Å². The molecule has 11 rings (SSSR count). The number of carbonyl (C=O) groups is 12. The largest absolute Gasteiger partial charge is 0.507 e. The highest BCUT2D eigenvalue weighted by molar-refractivity contribution is 7.90. The number of aromatic nitrogens is 6. The van der Waals surface area contributed by atoms with Crippen LogP contribution < -0.4 is 5.32 Å². The van der Waals surface area contributed by atoms with Crippen LogP contribution in [0.4, 0.5) is 5.69 Å². The van der Waals surface area contributed by atoms with Crippen molar-refractivity contribution < 1.29 is 117 Å². The van der Waals surface area contributed by atoms with E-state index in [1.54, 1.807) is 104 Å². The van der Waals surface area contributed by atoms with Crippen LogP contribution >= 0.6 is 41.9 Å². The molecule has 1 aliphatic heterocycles. The molecule has 664 valence electrons. The lowest BCUT2D eigenvalue weighted by Gasteiger charge is -2.13. The number of nitrogens with one attached hydrogen (secondary N) is 4. The van der Waals surface area contributed by atoms with E-state index in [0.717, 1.165) is 66.5 Å². The van der Waals surface area contributed by atoms with Crippen molar-refractivity contribution in [1.82, 2.24) is 27.5 Å². The number of hydrogen-bond donors (Lipinski definition) is 5. The third-order valence-electron chi connectivity index (χ3n) is 16.3. The van der Waals surface area contributed by atoms with Crippen LogP contribution in [0.1, 0.15) is 156 Å². The van der Waals surface area contributed by atoms with Crippen LogP contribution in [0.3, 0.4) is 0 Å². The van der Waals surface area contributed by atoms with Crippen LogP contribution in [0.25, 0.3) is 29.0 Å². The second-order valence-corrected chi connectivity index (χ2v) is 35.0. The van der Waals surface area contributed by atoms with Gasteiger partial charge in [0.1, 0.15) is 45.7 Å². The number of methoxy groups -OCH3 is 7. The number of phenolic OH excluding ortho intramolecular Hbond substituents is 1. The monoisotopic (exact) mass is 1830 g/mol. The minimum absolute atomic E-state index is 0.0123. The maximum atomic E-state index is 12.8. The van der Waals surface area contributed by atoms with E-state index in [1.165, 1.54) is 161 Å². The highest BCUT2D eigenvalue weighted by atomic mass is 35.5. The zero-order valence-electron chi connectivity index (χ0n) is 70.8. The number of aromatic hydroxyl groups is 1. The summed E-state index contributed by atoms with van der Waals surface area (Å²) in [6.45, 7) is 15.6. The van der Waals surface area contributed by atoms with Crippen molar-refractivity contribution in [3.8, 4) is 5.75 Å². The van der Waals surface area contributed by atoms with Gasteiger partial charge in [0, 0.05) is 97.9 Å². The van der Waals surface area contributed by atoms with Crippen molar-refractivity contribution >= 4 is 168 Å². The number of aromatic amines is 3. The second-order valence-electron chi connectivity index (χ2n) is 26.6. The highest BCUT2D eigenvalue weighted by Gasteiger charge is 2.29. The fourth-order valence-electron chi connectivity index (χ4n) is 10.5. The molecule has 0 radical (unpaired) electrons. The number of benzene rings is 4. The van der Waals surface area contributed by atoms with Gasteiger partial charge in [0.2, 0.25) is 5.02 Å². The summed E-state index contributed by atoms with van der Waals surface area (Å²) in [7, 11) is 0.762. The maximum Gasteiger partial charge on any atom is 0.355 e. The first-order chi connectivity index (χ1) is 58.3. The van der Waals surface area contributed by atoms with Crippen molar-refractivity contribution in [2.75, 3.05) is 87.0 Å². The number of carbonyl (C=O) groups excluding carboxylic acids is 12. The number of aryl methyl sites for hydroxylation is 4. The number of alkyl halides is 3. The number of esters is 6. The Kier molecular flexibility index (Phi) is 43.8. The van der Waals surface area contributed by atoms with Crippen LogP contribution in [0.5, 0.6) is 5.75 Å². The lowest BCUT2D eigenvalue weighted by Crippen LogP contribution is -2.18. The Morgan fingerprint density at radius 1 is 0.524 bits per heavy atom. The topological polar surface area (TPSA) is 449 Å². The van der Waals surface area contributed by atoms with Gasteiger partial charge >= 0.3 is 35.8 Å². The molecule has 0 aliphatic carbocycles. The number of phenols is 1. The highest BCUT2D eigenvalue weighted by Crippen LogP contribution is 2.43. The standard InChI is InChI=1S/C17H17NO5S.C14H14ClNO.C14H13NO5S.C11H13NO3.C10H11NO3.C7H7NO3.C6H7NO2.C5H11O2P.C2H4Cl2O/c1-12-4-8-15(9-5-12)24(21,22)18-11-14(7-6-13(2)19)10-16(18)17(20)23-3;1-8-3-2-4-10-12(17)5-11-14(13(8)10)9(6-15)7-16-11;1-10-3-5-12(6-4-10)21(18,19)15-8-11(9-16)7-13(15)14(17)20-2;1-8(13)4-5-9-6-10(11(14)15-3)12(2)7-9;1-7(12)3-4-8-5-9(11-6-8)10(13)14-2;1-11-7(10)6-2-5(4-9)3-8-6;1-9-6(8)5-3-2-4-7-5;1-5(6)4-8(2,3)7;1-5-2(3)4/h4-11H,1-3H3;2-5,9,16-17H,6-7H2,1H3;3-9H,1-2H3;4-7H,1-3H3;3-6,11H,1-2H3;2-4,8H,1H3;2-4,7H,1H3;4H2,1-3H3;2H,1H3/b7-6+;;;5-4+;4-3+;;;;/t;9-;;;;;;;/m.1......./s1. The molecule has 38 heteroatoms. The number of halogens is 3. The summed E-state index contributed by atoms with van der Waals surface area (Å²) >= 11 is 16.0. The Bertz CT molecular complexity index is 5750. The number of Topliss-reactive ketones (excluding diaryl/α,β-unsaturated/α-hetero) is 1. The number of fused-ring (bicyclic) bond motifs is 3. The van der Waals surface area contributed by atoms with Gasteiger partial charge in [-0.1, -0.05) is 76.8 Å². The molecule has 32 nitrogen and oxygen atoms in total. The summed E-state index contributed by atoms with van der Waals surface area (Å²) in [5.41, 5.74) is 9.01. The number of rotatable bonds is 22. The molecule has 0 spiro atoms. The fraction of sp³-hybridized carbons (Fsp3) is 0.256. The molecule has 0 amide bonds. The minimum atomic E-state index is -3.97. The Hall–Kier alpha value is -12.6. The Morgan fingerprint density at radius 3 is 1.31 bits per heavy atom. The predicted octanol–water partition coefficient (Wildman–Crippen LogP) is 14.5. The van der Waals surface area contributed by atoms with E-state index in [-0.39, 0.29) is 73.7 Å². The van der Waals surface area contributed by atoms with E-state index in [1.807, 2.05) is 32.0 Å². The van der Waals surface area contributed by atoms with Gasteiger partial charge < -0.3 is 67.7 Å². The fourth-order valence-corrected chi connectivity index (χ4v) is 14.6. The van der Waals surface area contributed by atoms with Crippen molar-refractivity contribution in [2.45, 2.75) is 69.2 Å². The van der Waals surface area contributed by atoms with Crippen molar-refractivity contribution in [2.24, 2.45) is 7.05 Å². The lowest BCUT2D eigenvalue weighted by molar-refractivity contribution is -0.115. The summed E-state index contributed by atoms with van der Waals surface area (Å²) in [6, 6.07) is 30.9.